The lowest BCUT2D eigenvalue weighted by molar-refractivity contribution is -0.134. The molecule has 0 saturated heterocycles. The first-order valence-corrected chi connectivity index (χ1v) is 7.15. The number of rotatable bonds is 7. The summed E-state index contributed by atoms with van der Waals surface area (Å²) in [4.78, 5) is 33.3. The fourth-order valence-electron chi connectivity index (χ4n) is 1.82. The number of carbonyl (C=O) groups is 3. The molecule has 0 bridgehead atoms. The van der Waals surface area contributed by atoms with Gasteiger partial charge in [0.25, 0.3) is 0 Å². The number of hydrogen-bond donors (Lipinski definition) is 2. The fourth-order valence-corrected chi connectivity index (χ4v) is 1.82. The van der Waals surface area contributed by atoms with E-state index in [2.05, 4.69) is 11.8 Å². The average Bonchev–Trinajstić information content (AvgIpc) is 2.51. The van der Waals surface area contributed by atoms with E-state index in [0.29, 0.717) is 12.2 Å². The lowest BCUT2D eigenvalue weighted by Crippen LogP contribution is -2.27. The number of ketones is 1. The van der Waals surface area contributed by atoms with E-state index in [1.165, 1.54) is 0 Å². The molecule has 1 unspecified atom stereocenters. The van der Waals surface area contributed by atoms with Gasteiger partial charge in [-0.2, -0.15) is 0 Å². The van der Waals surface area contributed by atoms with Crippen LogP contribution in [-0.4, -0.2) is 53.5 Å². The summed E-state index contributed by atoms with van der Waals surface area (Å²) in [5.74, 6) is -2.14. The Morgan fingerprint density at radius 1 is 1.04 bits per heavy atom. The van der Waals surface area contributed by atoms with Gasteiger partial charge in [-0.05, 0) is 20.5 Å². The van der Waals surface area contributed by atoms with E-state index in [1.54, 1.807) is 0 Å². The number of carbonyl (C=O) groups excluding carboxylic acids is 1. The van der Waals surface area contributed by atoms with Crippen LogP contribution in [0.3, 0.4) is 0 Å². The molecule has 0 aromatic heterocycles. The van der Waals surface area contributed by atoms with Crippen molar-refractivity contribution >= 4 is 17.7 Å². The van der Waals surface area contributed by atoms with Gasteiger partial charge in [0.05, 0.1) is 0 Å². The topological polar surface area (TPSA) is 94.9 Å². The second-order valence-electron chi connectivity index (χ2n) is 5.11. The summed E-state index contributed by atoms with van der Waals surface area (Å²) in [5, 5.41) is 15.6. The normalized spacial score (nSPS) is 11.7. The zero-order chi connectivity index (χ0) is 17.8. The summed E-state index contributed by atoms with van der Waals surface area (Å²) >= 11 is 0. The van der Waals surface area contributed by atoms with E-state index in [4.69, 9.17) is 10.2 Å². The molecule has 1 aromatic rings. The minimum atomic E-state index is -1.26. The molecule has 23 heavy (non-hydrogen) atoms. The van der Waals surface area contributed by atoms with Crippen LogP contribution in [-0.2, 0) is 9.59 Å². The van der Waals surface area contributed by atoms with Crippen LogP contribution in [0.25, 0.3) is 0 Å². The third-order valence-electron chi connectivity index (χ3n) is 2.88. The molecule has 2 N–H and O–H groups in total. The monoisotopic (exact) mass is 321 g/mol. The van der Waals surface area contributed by atoms with E-state index in [0.717, 1.165) is 18.5 Å². The summed E-state index contributed by atoms with van der Waals surface area (Å²) in [7, 11) is 4.00. The van der Waals surface area contributed by atoms with Gasteiger partial charge in [-0.15, -0.1) is 0 Å². The van der Waals surface area contributed by atoms with Crippen molar-refractivity contribution in [1.82, 2.24) is 4.90 Å². The molecular formula is C17H23NO5. The van der Waals surface area contributed by atoms with Gasteiger partial charge >= 0.3 is 11.9 Å². The van der Waals surface area contributed by atoms with Crippen LogP contribution in [0.5, 0.6) is 0 Å². The Balaban J connectivity index is 0.000000515. The maximum atomic E-state index is 12.1. The van der Waals surface area contributed by atoms with Crippen LogP contribution in [0.2, 0.25) is 0 Å². The molecule has 1 atom stereocenters. The van der Waals surface area contributed by atoms with Crippen molar-refractivity contribution in [3.05, 3.63) is 48.0 Å². The first-order chi connectivity index (χ1) is 10.8. The highest BCUT2D eigenvalue weighted by molar-refractivity contribution is 5.97. The number of aliphatic carboxylic acids is 2. The molecule has 0 spiro atoms. The van der Waals surface area contributed by atoms with Gasteiger partial charge < -0.3 is 15.1 Å². The Morgan fingerprint density at radius 2 is 1.52 bits per heavy atom. The van der Waals surface area contributed by atoms with Gasteiger partial charge in [-0.25, -0.2) is 9.59 Å². The molecule has 6 nitrogen and oxygen atoms in total. The number of Topliss-reactive ketones (excluding diaryl/α,β-unsaturated/α-hetero) is 1. The Labute approximate surface area is 136 Å². The van der Waals surface area contributed by atoms with Gasteiger partial charge in [0.1, 0.15) is 0 Å². The summed E-state index contributed by atoms with van der Waals surface area (Å²) in [6.45, 7) is 2.89. The van der Waals surface area contributed by atoms with Gasteiger partial charge in [-0.1, -0.05) is 37.3 Å². The van der Waals surface area contributed by atoms with Gasteiger partial charge in [0, 0.05) is 30.2 Å². The lowest BCUT2D eigenvalue weighted by Gasteiger charge is -2.18. The van der Waals surface area contributed by atoms with Crippen molar-refractivity contribution in [2.45, 2.75) is 13.3 Å². The summed E-state index contributed by atoms with van der Waals surface area (Å²) in [6.07, 6.45) is 2.01. The molecule has 0 radical (unpaired) electrons. The Morgan fingerprint density at radius 3 is 1.87 bits per heavy atom. The summed E-state index contributed by atoms with van der Waals surface area (Å²) in [6, 6.07) is 9.54. The maximum Gasteiger partial charge on any atom is 0.328 e. The van der Waals surface area contributed by atoms with Crippen LogP contribution in [0.4, 0.5) is 0 Å². The number of hydrogen-bond acceptors (Lipinski definition) is 4. The van der Waals surface area contributed by atoms with Crippen LogP contribution < -0.4 is 0 Å². The van der Waals surface area contributed by atoms with Crippen LogP contribution in [0.1, 0.15) is 23.7 Å². The van der Waals surface area contributed by atoms with Crippen LogP contribution in [0.15, 0.2) is 42.5 Å². The van der Waals surface area contributed by atoms with E-state index in [9.17, 15) is 14.4 Å². The molecule has 0 fully saturated rings. The Hall–Kier alpha value is -2.47. The fraction of sp³-hybridized carbons (Fsp3) is 0.353. The first kappa shape index (κ1) is 20.5. The highest BCUT2D eigenvalue weighted by Gasteiger charge is 2.18. The van der Waals surface area contributed by atoms with E-state index < -0.39 is 11.9 Å². The Bertz CT molecular complexity index is 521. The van der Waals surface area contributed by atoms with Crippen molar-refractivity contribution in [2.75, 3.05) is 20.6 Å². The molecule has 1 rings (SSSR count). The van der Waals surface area contributed by atoms with Crippen molar-refractivity contribution in [2.24, 2.45) is 5.92 Å². The van der Waals surface area contributed by atoms with E-state index in [1.807, 2.05) is 44.4 Å². The van der Waals surface area contributed by atoms with Crippen molar-refractivity contribution in [1.29, 1.82) is 0 Å². The molecule has 0 heterocycles. The highest BCUT2D eigenvalue weighted by atomic mass is 16.4. The molecule has 6 heteroatoms. The van der Waals surface area contributed by atoms with E-state index >= 15 is 0 Å². The maximum absolute atomic E-state index is 12.1. The third kappa shape index (κ3) is 9.97. The molecule has 1 aromatic carbocycles. The van der Waals surface area contributed by atoms with Gasteiger partial charge in [-0.3, -0.25) is 4.79 Å². The smallest absolute Gasteiger partial charge is 0.328 e. The predicted octanol–water partition coefficient (Wildman–Crippen LogP) is 2.17. The van der Waals surface area contributed by atoms with Crippen molar-refractivity contribution in [3.63, 3.8) is 0 Å². The predicted molar refractivity (Wildman–Crippen MR) is 87.5 cm³/mol. The lowest BCUT2D eigenvalue weighted by atomic mass is 9.95. The SMILES string of the molecule is CCC(CN(C)C)C(=O)c1ccccc1.O=C(O)C=CC(=O)O. The zero-order valence-corrected chi connectivity index (χ0v) is 13.6. The average molecular weight is 321 g/mol. The standard InChI is InChI=1S/C13H19NO.C4H4O4/c1-4-11(10-14(2)3)13(15)12-8-6-5-7-9-12;5-3(6)1-2-4(7)8/h5-9,11H,4,10H2,1-3H3;1-2H,(H,5,6)(H,7,8). The molecule has 0 amide bonds. The third-order valence-corrected chi connectivity index (χ3v) is 2.88. The number of carboxylic acid groups (broad SMARTS) is 2. The number of benzene rings is 1. The number of carboxylic acids is 2. The molecule has 0 saturated carbocycles. The van der Waals surface area contributed by atoms with Crippen molar-refractivity contribution < 1.29 is 24.6 Å². The van der Waals surface area contributed by atoms with Crippen molar-refractivity contribution in [3.8, 4) is 0 Å². The Kier molecular flexibility index (Phi) is 9.95. The molecule has 0 aliphatic heterocycles. The highest BCUT2D eigenvalue weighted by Crippen LogP contribution is 2.12. The molecule has 126 valence electrons. The van der Waals surface area contributed by atoms with Crippen LogP contribution in [0, 0.1) is 5.92 Å². The second kappa shape index (κ2) is 11.1. The van der Waals surface area contributed by atoms with Gasteiger partial charge in [0.15, 0.2) is 5.78 Å². The largest absolute Gasteiger partial charge is 0.478 e. The first-order valence-electron chi connectivity index (χ1n) is 7.15. The van der Waals surface area contributed by atoms with Crippen LogP contribution >= 0.6 is 0 Å². The quantitative estimate of drug-likeness (QED) is 0.590. The second-order valence-corrected chi connectivity index (χ2v) is 5.11. The molecule has 0 aliphatic carbocycles. The zero-order valence-electron chi connectivity index (χ0n) is 13.6. The summed E-state index contributed by atoms with van der Waals surface area (Å²) < 4.78 is 0. The minimum Gasteiger partial charge on any atom is -0.478 e. The molecule has 0 aliphatic rings. The number of nitrogens with zero attached hydrogens (tertiary/aromatic N) is 1. The minimum absolute atomic E-state index is 0.113. The molecular weight excluding hydrogens is 298 g/mol. The summed E-state index contributed by atoms with van der Waals surface area (Å²) in [5.41, 5.74) is 0.825. The van der Waals surface area contributed by atoms with Gasteiger partial charge in [0.2, 0.25) is 0 Å². The van der Waals surface area contributed by atoms with E-state index in [-0.39, 0.29) is 11.7 Å².